The fourth-order valence-corrected chi connectivity index (χ4v) is 3.34. The zero-order valence-electron chi connectivity index (χ0n) is 15.8. The Morgan fingerprint density at radius 1 is 1.30 bits per heavy atom. The molecule has 0 bridgehead atoms. The first-order chi connectivity index (χ1) is 13.0. The van der Waals surface area contributed by atoms with Gasteiger partial charge in [0.05, 0.1) is 18.4 Å². The van der Waals surface area contributed by atoms with Gasteiger partial charge in [0.15, 0.2) is 0 Å². The van der Waals surface area contributed by atoms with Gasteiger partial charge in [-0.2, -0.15) is 5.10 Å². The minimum absolute atomic E-state index is 0.0182. The molecular weight excluding hydrogens is 346 g/mol. The molecule has 2 N–H and O–H groups in total. The number of likely N-dealkylation sites (N-methyl/N-ethyl adjacent to an activating group) is 1. The number of hydrogen-bond donors (Lipinski definition) is 2. The van der Waals surface area contributed by atoms with E-state index in [1.165, 1.54) is 18.6 Å². The number of amides is 2. The first-order valence-corrected chi connectivity index (χ1v) is 9.05. The molecule has 0 unspecified atom stereocenters. The summed E-state index contributed by atoms with van der Waals surface area (Å²) in [5.41, 5.74) is 2.41. The van der Waals surface area contributed by atoms with Crippen molar-refractivity contribution in [3.63, 3.8) is 0 Å². The molecule has 3 heterocycles. The summed E-state index contributed by atoms with van der Waals surface area (Å²) in [6.07, 6.45) is 6.82. The number of rotatable bonds is 6. The quantitative estimate of drug-likeness (QED) is 0.742. The summed E-state index contributed by atoms with van der Waals surface area (Å²) in [7, 11) is 1.90. The van der Waals surface area contributed by atoms with E-state index in [4.69, 9.17) is 0 Å². The molecule has 1 aliphatic heterocycles. The second-order valence-electron chi connectivity index (χ2n) is 6.72. The van der Waals surface area contributed by atoms with Crippen molar-refractivity contribution in [3.8, 4) is 0 Å². The second kappa shape index (κ2) is 8.26. The van der Waals surface area contributed by atoms with Crippen LogP contribution >= 0.6 is 0 Å². The van der Waals surface area contributed by atoms with Crippen LogP contribution in [0.2, 0.25) is 0 Å². The summed E-state index contributed by atoms with van der Waals surface area (Å²) in [6, 6.07) is -0.430. The minimum atomic E-state index is -0.295. The van der Waals surface area contributed by atoms with E-state index >= 15 is 0 Å². The number of aromatic nitrogens is 4. The number of nitrogens with zero attached hydrogens (tertiary/aromatic N) is 5. The molecule has 2 aromatic heterocycles. The van der Waals surface area contributed by atoms with E-state index in [9.17, 15) is 9.59 Å². The van der Waals surface area contributed by atoms with E-state index in [0.717, 1.165) is 11.3 Å². The molecule has 2 aromatic rings. The second-order valence-corrected chi connectivity index (χ2v) is 6.72. The molecule has 0 aromatic carbocycles. The molecule has 1 saturated heterocycles. The predicted octanol–water partition coefficient (Wildman–Crippen LogP) is 0.0275. The Labute approximate surface area is 158 Å². The van der Waals surface area contributed by atoms with E-state index in [1.807, 2.05) is 31.8 Å². The summed E-state index contributed by atoms with van der Waals surface area (Å²) in [5.74, 6) is -0.294. The molecule has 0 spiro atoms. The van der Waals surface area contributed by atoms with Crippen LogP contribution in [-0.4, -0.2) is 61.6 Å². The highest BCUT2D eigenvalue weighted by molar-refractivity contribution is 5.92. The minimum Gasteiger partial charge on any atom is -0.355 e. The van der Waals surface area contributed by atoms with Crippen molar-refractivity contribution in [2.24, 2.45) is 7.05 Å². The lowest BCUT2D eigenvalue weighted by Crippen LogP contribution is -2.42. The SMILES string of the molecule is CCNC(=O)[C@@H]1C[C@H](NC(=O)c2cnccn2)CN1Cc1cnn(C)c1C. The molecule has 1 aliphatic rings. The lowest BCUT2D eigenvalue weighted by Gasteiger charge is -2.23. The fraction of sp³-hybridized carbons (Fsp3) is 0.500. The molecule has 2 amide bonds. The summed E-state index contributed by atoms with van der Waals surface area (Å²) < 4.78 is 1.82. The first-order valence-electron chi connectivity index (χ1n) is 9.05. The lowest BCUT2D eigenvalue weighted by atomic mass is 10.1. The molecular formula is C18H25N7O2. The average Bonchev–Trinajstić information content (AvgIpc) is 3.21. The van der Waals surface area contributed by atoms with Crippen molar-refractivity contribution in [1.82, 2.24) is 35.3 Å². The smallest absolute Gasteiger partial charge is 0.271 e. The van der Waals surface area contributed by atoms with E-state index in [0.29, 0.717) is 26.1 Å². The van der Waals surface area contributed by atoms with Crippen LogP contribution in [0.25, 0.3) is 0 Å². The summed E-state index contributed by atoms with van der Waals surface area (Å²) in [5, 5.41) is 10.1. The van der Waals surface area contributed by atoms with Crippen LogP contribution in [0.1, 0.15) is 35.1 Å². The fourth-order valence-electron chi connectivity index (χ4n) is 3.34. The van der Waals surface area contributed by atoms with Gasteiger partial charge in [0, 0.05) is 56.4 Å². The number of carbonyl (C=O) groups is 2. The summed E-state index contributed by atoms with van der Waals surface area (Å²) in [6.45, 7) is 5.68. The molecule has 2 atom stereocenters. The van der Waals surface area contributed by atoms with E-state index in [2.05, 4.69) is 30.6 Å². The Morgan fingerprint density at radius 2 is 2.11 bits per heavy atom. The highest BCUT2D eigenvalue weighted by Crippen LogP contribution is 2.22. The third-order valence-corrected chi connectivity index (χ3v) is 4.90. The van der Waals surface area contributed by atoms with Gasteiger partial charge in [-0.25, -0.2) is 4.98 Å². The van der Waals surface area contributed by atoms with Crippen LogP contribution in [0.3, 0.4) is 0 Å². The summed E-state index contributed by atoms with van der Waals surface area (Å²) >= 11 is 0. The maximum Gasteiger partial charge on any atom is 0.271 e. The van der Waals surface area contributed by atoms with Crippen molar-refractivity contribution in [2.45, 2.75) is 38.9 Å². The number of aryl methyl sites for hydroxylation is 1. The van der Waals surface area contributed by atoms with Crippen molar-refractivity contribution in [3.05, 3.63) is 41.7 Å². The first kappa shape index (κ1) is 19.0. The molecule has 9 nitrogen and oxygen atoms in total. The van der Waals surface area contributed by atoms with E-state index < -0.39 is 0 Å². The third-order valence-electron chi connectivity index (χ3n) is 4.90. The van der Waals surface area contributed by atoms with Crippen LogP contribution in [0.15, 0.2) is 24.8 Å². The Bertz CT molecular complexity index is 805. The highest BCUT2D eigenvalue weighted by Gasteiger charge is 2.37. The average molecular weight is 371 g/mol. The Kier molecular flexibility index (Phi) is 5.80. The normalized spacial score (nSPS) is 19.8. The van der Waals surface area contributed by atoms with Crippen LogP contribution in [-0.2, 0) is 18.4 Å². The Hall–Kier alpha value is -2.81. The monoisotopic (exact) mass is 371 g/mol. The van der Waals surface area contributed by atoms with Gasteiger partial charge >= 0.3 is 0 Å². The molecule has 0 saturated carbocycles. The molecule has 9 heteroatoms. The Balaban J connectivity index is 1.72. The van der Waals surface area contributed by atoms with Crippen molar-refractivity contribution in [1.29, 1.82) is 0 Å². The summed E-state index contributed by atoms with van der Waals surface area (Å²) in [4.78, 5) is 35.0. The molecule has 27 heavy (non-hydrogen) atoms. The van der Waals surface area contributed by atoms with Gasteiger partial charge in [-0.1, -0.05) is 0 Å². The topological polar surface area (TPSA) is 105 Å². The van der Waals surface area contributed by atoms with Gasteiger partial charge in [0.2, 0.25) is 5.91 Å². The predicted molar refractivity (Wildman–Crippen MR) is 98.7 cm³/mol. The lowest BCUT2D eigenvalue weighted by molar-refractivity contribution is -0.125. The number of nitrogens with one attached hydrogen (secondary N) is 2. The zero-order valence-corrected chi connectivity index (χ0v) is 15.8. The van der Waals surface area contributed by atoms with Crippen LogP contribution in [0.4, 0.5) is 0 Å². The van der Waals surface area contributed by atoms with Crippen LogP contribution in [0, 0.1) is 6.92 Å². The van der Waals surface area contributed by atoms with Crippen molar-refractivity contribution >= 4 is 11.8 Å². The maximum atomic E-state index is 12.5. The van der Waals surface area contributed by atoms with Gasteiger partial charge in [-0.3, -0.25) is 24.2 Å². The maximum absolute atomic E-state index is 12.5. The third kappa shape index (κ3) is 4.30. The van der Waals surface area contributed by atoms with Gasteiger partial charge in [-0.15, -0.1) is 0 Å². The van der Waals surface area contributed by atoms with E-state index in [-0.39, 0.29) is 29.6 Å². The number of carbonyl (C=O) groups excluding carboxylic acids is 2. The standard InChI is InChI=1S/C18H25N7O2/c1-4-20-18(27)16-7-14(23-17(26)15-9-19-5-6-21-15)11-25(16)10-13-8-22-24(3)12(13)2/h5-6,8-9,14,16H,4,7,10-11H2,1-3H3,(H,20,27)(H,23,26)/t14-,16-/m0/s1. The highest BCUT2D eigenvalue weighted by atomic mass is 16.2. The molecule has 0 radical (unpaired) electrons. The van der Waals surface area contributed by atoms with Crippen molar-refractivity contribution < 1.29 is 9.59 Å². The largest absolute Gasteiger partial charge is 0.355 e. The van der Waals surface area contributed by atoms with Gasteiger partial charge in [0.25, 0.3) is 5.91 Å². The molecule has 3 rings (SSSR count). The van der Waals surface area contributed by atoms with Gasteiger partial charge < -0.3 is 10.6 Å². The van der Waals surface area contributed by atoms with Gasteiger partial charge in [0.1, 0.15) is 5.69 Å². The number of hydrogen-bond acceptors (Lipinski definition) is 6. The van der Waals surface area contributed by atoms with Gasteiger partial charge in [-0.05, 0) is 20.3 Å². The zero-order chi connectivity index (χ0) is 19.4. The van der Waals surface area contributed by atoms with Crippen molar-refractivity contribution in [2.75, 3.05) is 13.1 Å². The van der Waals surface area contributed by atoms with Crippen LogP contribution in [0.5, 0.6) is 0 Å². The van der Waals surface area contributed by atoms with E-state index in [1.54, 1.807) is 0 Å². The number of likely N-dealkylation sites (tertiary alicyclic amines) is 1. The Morgan fingerprint density at radius 3 is 2.74 bits per heavy atom. The molecule has 144 valence electrons. The molecule has 1 fully saturated rings. The van der Waals surface area contributed by atoms with Crippen LogP contribution < -0.4 is 10.6 Å². The molecule has 0 aliphatic carbocycles.